The highest BCUT2D eigenvalue weighted by atomic mass is 16.5. The summed E-state index contributed by atoms with van der Waals surface area (Å²) in [7, 11) is 0. The molecule has 2 amide bonds. The minimum atomic E-state index is -0.529. The largest absolute Gasteiger partial charge is 0.360 e. The predicted molar refractivity (Wildman–Crippen MR) is 106 cm³/mol. The quantitative estimate of drug-likeness (QED) is 0.466. The van der Waals surface area contributed by atoms with Crippen LogP contribution in [0.4, 0.5) is 0 Å². The Balaban J connectivity index is 1.46. The molecule has 0 aliphatic heterocycles. The van der Waals surface area contributed by atoms with Gasteiger partial charge in [-0.05, 0) is 13.0 Å². The van der Waals surface area contributed by atoms with Gasteiger partial charge in [0.2, 0.25) is 0 Å². The van der Waals surface area contributed by atoms with E-state index in [1.165, 1.54) is 0 Å². The third-order valence-corrected chi connectivity index (χ3v) is 4.32. The summed E-state index contributed by atoms with van der Waals surface area (Å²) in [6.45, 7) is 1.64. The van der Waals surface area contributed by atoms with Gasteiger partial charge in [0.1, 0.15) is 22.7 Å². The van der Waals surface area contributed by atoms with Crippen LogP contribution in [-0.2, 0) is 0 Å². The van der Waals surface area contributed by atoms with Gasteiger partial charge in [0.25, 0.3) is 11.8 Å². The summed E-state index contributed by atoms with van der Waals surface area (Å²) in [6.07, 6.45) is 0. The van der Waals surface area contributed by atoms with Crippen molar-refractivity contribution in [2.24, 2.45) is 0 Å². The van der Waals surface area contributed by atoms with Gasteiger partial charge in [0.05, 0.1) is 5.69 Å². The molecule has 4 aromatic rings. The molecule has 4 rings (SSSR count). The number of aromatic amines is 1. The van der Waals surface area contributed by atoms with Crippen LogP contribution in [-0.4, -0.2) is 27.2 Å². The molecule has 144 valence electrons. The second-order valence-corrected chi connectivity index (χ2v) is 6.27. The highest BCUT2D eigenvalue weighted by Crippen LogP contribution is 2.24. The molecule has 2 aromatic carbocycles. The number of rotatable bonds is 4. The summed E-state index contributed by atoms with van der Waals surface area (Å²) >= 11 is 0. The number of carbonyl (C=O) groups excluding carboxylic acids is 2. The zero-order chi connectivity index (χ0) is 20.2. The van der Waals surface area contributed by atoms with Crippen LogP contribution in [0.25, 0.3) is 22.5 Å². The Morgan fingerprint density at radius 2 is 1.52 bits per heavy atom. The van der Waals surface area contributed by atoms with Crippen LogP contribution in [0.2, 0.25) is 0 Å². The Hall–Kier alpha value is -4.20. The molecule has 0 saturated carbocycles. The van der Waals surface area contributed by atoms with E-state index in [0.29, 0.717) is 17.1 Å². The molecule has 3 N–H and O–H groups in total. The first-order chi connectivity index (χ1) is 14.1. The van der Waals surface area contributed by atoms with Gasteiger partial charge in [-0.2, -0.15) is 5.10 Å². The van der Waals surface area contributed by atoms with Gasteiger partial charge in [-0.3, -0.25) is 25.5 Å². The van der Waals surface area contributed by atoms with Crippen LogP contribution < -0.4 is 10.9 Å². The Morgan fingerprint density at radius 3 is 2.21 bits per heavy atom. The van der Waals surface area contributed by atoms with E-state index in [1.54, 1.807) is 13.0 Å². The Bertz CT molecular complexity index is 1150. The maximum Gasteiger partial charge on any atom is 0.287 e. The molecule has 0 fully saturated rings. The van der Waals surface area contributed by atoms with Crippen LogP contribution in [0.15, 0.2) is 71.3 Å². The van der Waals surface area contributed by atoms with Gasteiger partial charge in [-0.1, -0.05) is 65.8 Å². The first-order valence-electron chi connectivity index (χ1n) is 8.86. The van der Waals surface area contributed by atoms with Gasteiger partial charge in [0, 0.05) is 11.1 Å². The number of nitrogens with zero attached hydrogens (tertiary/aromatic N) is 2. The number of hydrogen-bond donors (Lipinski definition) is 3. The lowest BCUT2D eigenvalue weighted by molar-refractivity contribution is 0.0843. The molecule has 0 bridgehead atoms. The second-order valence-electron chi connectivity index (χ2n) is 6.27. The molecule has 0 saturated heterocycles. The van der Waals surface area contributed by atoms with E-state index >= 15 is 0 Å². The highest BCUT2D eigenvalue weighted by molar-refractivity contribution is 6.02. The lowest BCUT2D eigenvalue weighted by atomic mass is 10.1. The standard InChI is InChI=1S/C21H17N5O3/c1-13-18(19(26-29-13)15-10-6-3-7-11-15)21(28)25-24-20(27)17-12-16(22-23-17)14-8-4-2-5-9-14/h2-12H,1H3,(H,22,23)(H,24,27)(H,25,28). The molecule has 0 aliphatic rings. The Morgan fingerprint density at radius 1 is 0.897 bits per heavy atom. The van der Waals surface area contributed by atoms with Gasteiger partial charge in [0.15, 0.2) is 0 Å². The van der Waals surface area contributed by atoms with Gasteiger partial charge < -0.3 is 4.52 Å². The molecule has 2 heterocycles. The summed E-state index contributed by atoms with van der Waals surface area (Å²) < 4.78 is 5.18. The monoisotopic (exact) mass is 387 g/mol. The minimum Gasteiger partial charge on any atom is -0.360 e. The van der Waals surface area contributed by atoms with Crippen molar-refractivity contribution in [1.82, 2.24) is 26.2 Å². The molecular weight excluding hydrogens is 370 g/mol. The fourth-order valence-corrected chi connectivity index (χ4v) is 2.87. The molecule has 8 nitrogen and oxygen atoms in total. The van der Waals surface area contributed by atoms with E-state index in [4.69, 9.17) is 4.52 Å². The van der Waals surface area contributed by atoms with Crippen molar-refractivity contribution in [2.45, 2.75) is 6.92 Å². The van der Waals surface area contributed by atoms with Crippen molar-refractivity contribution in [1.29, 1.82) is 0 Å². The summed E-state index contributed by atoms with van der Waals surface area (Å²) in [4.78, 5) is 25.0. The van der Waals surface area contributed by atoms with Crippen LogP contribution >= 0.6 is 0 Å². The molecule has 0 radical (unpaired) electrons. The number of H-pyrrole nitrogens is 1. The zero-order valence-electron chi connectivity index (χ0n) is 15.5. The predicted octanol–water partition coefficient (Wildman–Crippen LogP) is 3.11. The topological polar surface area (TPSA) is 113 Å². The fourth-order valence-electron chi connectivity index (χ4n) is 2.87. The molecular formula is C21H17N5O3. The number of aryl methyl sites for hydroxylation is 1. The average Bonchev–Trinajstić information content (AvgIpc) is 3.40. The lowest BCUT2D eigenvalue weighted by Crippen LogP contribution is -2.42. The number of nitrogens with one attached hydrogen (secondary N) is 3. The van der Waals surface area contributed by atoms with E-state index in [0.717, 1.165) is 11.1 Å². The van der Waals surface area contributed by atoms with Crippen molar-refractivity contribution in [2.75, 3.05) is 0 Å². The van der Waals surface area contributed by atoms with E-state index in [-0.39, 0.29) is 11.3 Å². The first kappa shape index (κ1) is 18.2. The third kappa shape index (κ3) is 3.77. The average molecular weight is 387 g/mol. The van der Waals surface area contributed by atoms with Crippen molar-refractivity contribution >= 4 is 11.8 Å². The van der Waals surface area contributed by atoms with E-state index in [1.807, 2.05) is 60.7 Å². The zero-order valence-corrected chi connectivity index (χ0v) is 15.5. The van der Waals surface area contributed by atoms with Crippen molar-refractivity contribution in [3.63, 3.8) is 0 Å². The molecule has 0 aliphatic carbocycles. The smallest absolute Gasteiger partial charge is 0.287 e. The van der Waals surface area contributed by atoms with E-state index in [2.05, 4.69) is 26.2 Å². The van der Waals surface area contributed by atoms with Crippen LogP contribution in [0, 0.1) is 6.92 Å². The van der Waals surface area contributed by atoms with Crippen molar-refractivity contribution < 1.29 is 14.1 Å². The van der Waals surface area contributed by atoms with Crippen LogP contribution in [0.3, 0.4) is 0 Å². The maximum absolute atomic E-state index is 12.6. The number of amides is 2. The maximum atomic E-state index is 12.6. The molecule has 0 spiro atoms. The highest BCUT2D eigenvalue weighted by Gasteiger charge is 2.22. The lowest BCUT2D eigenvalue weighted by Gasteiger charge is -2.06. The Labute approximate surface area is 165 Å². The molecule has 0 unspecified atom stereocenters. The first-order valence-corrected chi connectivity index (χ1v) is 8.86. The third-order valence-electron chi connectivity index (χ3n) is 4.32. The summed E-state index contributed by atoms with van der Waals surface area (Å²) in [6, 6.07) is 20.2. The number of hydrogen-bond acceptors (Lipinski definition) is 5. The summed E-state index contributed by atoms with van der Waals surface area (Å²) in [5.41, 5.74) is 7.89. The minimum absolute atomic E-state index is 0.217. The molecule has 0 atom stereocenters. The number of hydrazine groups is 1. The summed E-state index contributed by atoms with van der Waals surface area (Å²) in [5, 5.41) is 10.8. The van der Waals surface area contributed by atoms with Crippen LogP contribution in [0.5, 0.6) is 0 Å². The van der Waals surface area contributed by atoms with Gasteiger partial charge in [-0.25, -0.2) is 0 Å². The van der Waals surface area contributed by atoms with E-state index in [9.17, 15) is 9.59 Å². The second kappa shape index (κ2) is 7.81. The molecule has 2 aromatic heterocycles. The SMILES string of the molecule is Cc1onc(-c2ccccc2)c1C(=O)NNC(=O)c1cc(-c2ccccc2)n[nH]1. The normalized spacial score (nSPS) is 10.5. The molecule has 29 heavy (non-hydrogen) atoms. The van der Waals surface area contributed by atoms with Crippen molar-refractivity contribution in [3.05, 3.63) is 83.7 Å². The van der Waals surface area contributed by atoms with Gasteiger partial charge >= 0.3 is 0 Å². The Kier molecular flexibility index (Phi) is 4.90. The number of aromatic nitrogens is 3. The summed E-state index contributed by atoms with van der Waals surface area (Å²) in [5.74, 6) is -0.703. The van der Waals surface area contributed by atoms with Crippen molar-refractivity contribution in [3.8, 4) is 22.5 Å². The number of carbonyl (C=O) groups is 2. The van der Waals surface area contributed by atoms with Crippen LogP contribution in [0.1, 0.15) is 26.6 Å². The van der Waals surface area contributed by atoms with Gasteiger partial charge in [-0.15, -0.1) is 0 Å². The van der Waals surface area contributed by atoms with E-state index < -0.39 is 11.8 Å². The molecule has 8 heteroatoms. The number of benzene rings is 2. The fraction of sp³-hybridized carbons (Fsp3) is 0.0476.